The summed E-state index contributed by atoms with van der Waals surface area (Å²) in [5.74, 6) is 1.71. The van der Waals surface area contributed by atoms with Crippen molar-refractivity contribution in [3.05, 3.63) is 4.77 Å². The van der Waals surface area contributed by atoms with E-state index < -0.39 is 0 Å². The van der Waals surface area contributed by atoms with Crippen molar-refractivity contribution in [1.29, 1.82) is 0 Å². The van der Waals surface area contributed by atoms with Gasteiger partial charge in [-0.3, -0.25) is 4.57 Å². The van der Waals surface area contributed by atoms with Gasteiger partial charge >= 0.3 is 0 Å². The molecule has 0 spiro atoms. The van der Waals surface area contributed by atoms with Crippen LogP contribution < -0.4 is 4.90 Å². The van der Waals surface area contributed by atoms with Crippen LogP contribution in [0.1, 0.15) is 32.7 Å². The Morgan fingerprint density at radius 3 is 2.63 bits per heavy atom. The molecule has 0 amide bonds. The predicted molar refractivity (Wildman–Crippen MR) is 81.3 cm³/mol. The van der Waals surface area contributed by atoms with E-state index in [4.69, 9.17) is 12.2 Å². The minimum Gasteiger partial charge on any atom is -0.344 e. The third-order valence-electron chi connectivity index (χ3n) is 3.91. The third kappa shape index (κ3) is 3.36. The lowest BCUT2D eigenvalue weighted by molar-refractivity contribution is 0.222. The molecule has 0 aromatic carbocycles. The van der Waals surface area contributed by atoms with E-state index in [0.29, 0.717) is 10.8 Å². The number of rotatable bonds is 4. The van der Waals surface area contributed by atoms with E-state index in [9.17, 15) is 0 Å². The maximum Gasteiger partial charge on any atom is 0.225 e. The van der Waals surface area contributed by atoms with Crippen molar-refractivity contribution >= 4 is 18.2 Å². The molecule has 0 unspecified atom stereocenters. The molecule has 1 saturated heterocycles. The Bertz CT molecular complexity index is 456. The molecule has 5 nitrogen and oxygen atoms in total. The summed E-state index contributed by atoms with van der Waals surface area (Å²) in [4.78, 5) is 4.64. The zero-order valence-electron chi connectivity index (χ0n) is 12.4. The molecule has 19 heavy (non-hydrogen) atoms. The lowest BCUT2D eigenvalue weighted by atomic mass is 9.97. The van der Waals surface area contributed by atoms with Crippen LogP contribution in [0.3, 0.4) is 0 Å². The molecule has 0 saturated carbocycles. The number of anilines is 1. The average Bonchev–Trinajstić information content (AvgIpc) is 2.74. The second-order valence-electron chi connectivity index (χ2n) is 5.92. The minimum absolute atomic E-state index is 0.334. The van der Waals surface area contributed by atoms with Gasteiger partial charge < -0.3 is 9.80 Å². The van der Waals surface area contributed by atoms with E-state index in [-0.39, 0.29) is 0 Å². The van der Waals surface area contributed by atoms with Gasteiger partial charge in [-0.2, -0.15) is 0 Å². The molecule has 1 aliphatic heterocycles. The normalized spacial score (nSPS) is 18.2. The van der Waals surface area contributed by atoms with E-state index in [1.807, 2.05) is 0 Å². The number of aromatic amines is 1. The Hall–Kier alpha value is -0.880. The minimum atomic E-state index is 0.334. The standard InChI is InChI=1S/C13H25N5S/c1-10(2)18-12(14-15-13(18)19)17(4)9-11-5-7-16(3)8-6-11/h10-11H,5-9H2,1-4H3,(H,15,19). The maximum absolute atomic E-state index is 5.30. The van der Waals surface area contributed by atoms with Gasteiger partial charge in [0.05, 0.1) is 0 Å². The zero-order valence-corrected chi connectivity index (χ0v) is 13.2. The van der Waals surface area contributed by atoms with Gasteiger partial charge in [-0.1, -0.05) is 0 Å². The highest BCUT2D eigenvalue weighted by Crippen LogP contribution is 2.21. The molecule has 0 atom stereocenters. The van der Waals surface area contributed by atoms with Crippen molar-refractivity contribution in [1.82, 2.24) is 19.7 Å². The van der Waals surface area contributed by atoms with Crippen molar-refractivity contribution in [3.63, 3.8) is 0 Å². The van der Waals surface area contributed by atoms with E-state index in [2.05, 4.69) is 52.5 Å². The molecule has 1 aromatic heterocycles. The van der Waals surface area contributed by atoms with Gasteiger partial charge in [0, 0.05) is 19.6 Å². The number of likely N-dealkylation sites (tertiary alicyclic amines) is 1. The number of H-pyrrole nitrogens is 1. The fourth-order valence-electron chi connectivity index (χ4n) is 2.74. The van der Waals surface area contributed by atoms with Crippen LogP contribution in [0.15, 0.2) is 0 Å². The highest BCUT2D eigenvalue weighted by Gasteiger charge is 2.21. The monoisotopic (exact) mass is 283 g/mol. The first-order valence-corrected chi connectivity index (χ1v) is 7.46. The van der Waals surface area contributed by atoms with Gasteiger partial charge in [-0.05, 0) is 65.0 Å². The van der Waals surface area contributed by atoms with E-state index in [1.54, 1.807) is 0 Å². The van der Waals surface area contributed by atoms with Crippen LogP contribution >= 0.6 is 12.2 Å². The third-order valence-corrected chi connectivity index (χ3v) is 4.20. The van der Waals surface area contributed by atoms with Crippen molar-refractivity contribution in [2.24, 2.45) is 5.92 Å². The summed E-state index contributed by atoms with van der Waals surface area (Å²) < 4.78 is 2.80. The second-order valence-corrected chi connectivity index (χ2v) is 6.31. The topological polar surface area (TPSA) is 40.1 Å². The summed E-state index contributed by atoms with van der Waals surface area (Å²) >= 11 is 5.30. The number of aromatic nitrogens is 3. The molecule has 2 heterocycles. The number of hydrogen-bond donors (Lipinski definition) is 1. The first-order valence-electron chi connectivity index (χ1n) is 7.05. The fourth-order valence-corrected chi connectivity index (χ4v) is 3.08. The van der Waals surface area contributed by atoms with Gasteiger partial charge in [0.2, 0.25) is 5.95 Å². The second kappa shape index (κ2) is 6.05. The zero-order chi connectivity index (χ0) is 14.0. The van der Waals surface area contributed by atoms with Gasteiger partial charge in [0.15, 0.2) is 4.77 Å². The maximum atomic E-state index is 5.30. The molecular formula is C13H25N5S. The predicted octanol–water partition coefficient (Wildman–Crippen LogP) is 2.30. The molecule has 0 bridgehead atoms. The summed E-state index contributed by atoms with van der Waals surface area (Å²) in [5.41, 5.74) is 0. The van der Waals surface area contributed by atoms with Crippen LogP contribution in [0.25, 0.3) is 0 Å². The Balaban J connectivity index is 2.04. The van der Waals surface area contributed by atoms with E-state index >= 15 is 0 Å². The van der Waals surface area contributed by atoms with Crippen LogP contribution in [0.4, 0.5) is 5.95 Å². The molecule has 6 heteroatoms. The lowest BCUT2D eigenvalue weighted by Crippen LogP contribution is -2.36. The molecule has 1 fully saturated rings. The van der Waals surface area contributed by atoms with E-state index in [0.717, 1.165) is 18.4 Å². The highest BCUT2D eigenvalue weighted by molar-refractivity contribution is 7.71. The van der Waals surface area contributed by atoms with Gasteiger partial charge in [0.1, 0.15) is 0 Å². The van der Waals surface area contributed by atoms with Crippen molar-refractivity contribution < 1.29 is 0 Å². The quantitative estimate of drug-likeness (QED) is 0.861. The number of nitrogens with one attached hydrogen (secondary N) is 1. The fraction of sp³-hybridized carbons (Fsp3) is 0.846. The van der Waals surface area contributed by atoms with Crippen molar-refractivity contribution in [3.8, 4) is 0 Å². The molecule has 0 aliphatic carbocycles. The largest absolute Gasteiger partial charge is 0.344 e. The van der Waals surface area contributed by atoms with Crippen LogP contribution in [-0.4, -0.2) is 53.4 Å². The Labute approximate surface area is 120 Å². The smallest absolute Gasteiger partial charge is 0.225 e. The number of piperidine rings is 1. The van der Waals surface area contributed by atoms with Crippen molar-refractivity contribution in [2.45, 2.75) is 32.7 Å². The van der Waals surface area contributed by atoms with E-state index in [1.165, 1.54) is 25.9 Å². The lowest BCUT2D eigenvalue weighted by Gasteiger charge is -2.32. The molecular weight excluding hydrogens is 258 g/mol. The summed E-state index contributed by atoms with van der Waals surface area (Å²) in [6, 6.07) is 0.334. The molecule has 1 aromatic rings. The SMILES string of the molecule is CC(C)n1c(N(C)CC2CCN(C)CC2)n[nH]c1=S. The molecule has 108 valence electrons. The first kappa shape index (κ1) is 14.5. The average molecular weight is 283 g/mol. The molecule has 1 N–H and O–H groups in total. The van der Waals surface area contributed by atoms with Crippen molar-refractivity contribution in [2.75, 3.05) is 38.6 Å². The summed E-state index contributed by atoms with van der Waals surface area (Å²) in [7, 11) is 4.31. The van der Waals surface area contributed by atoms with Crippen LogP contribution in [0, 0.1) is 10.7 Å². The number of nitrogens with zero attached hydrogens (tertiary/aromatic N) is 4. The number of hydrogen-bond acceptors (Lipinski definition) is 4. The van der Waals surface area contributed by atoms with Crippen LogP contribution in [0.2, 0.25) is 0 Å². The van der Waals surface area contributed by atoms with Gasteiger partial charge in [-0.15, -0.1) is 5.10 Å². The summed E-state index contributed by atoms with van der Waals surface area (Å²) in [6.07, 6.45) is 2.54. The Morgan fingerprint density at radius 1 is 1.42 bits per heavy atom. The molecule has 1 aliphatic rings. The Kier molecular flexibility index (Phi) is 4.62. The first-order chi connectivity index (χ1) is 8.99. The molecule has 0 radical (unpaired) electrons. The summed E-state index contributed by atoms with van der Waals surface area (Å²) in [5, 5.41) is 7.29. The highest BCUT2D eigenvalue weighted by atomic mass is 32.1. The Morgan fingerprint density at radius 2 is 2.05 bits per heavy atom. The van der Waals surface area contributed by atoms with Gasteiger partial charge in [-0.25, -0.2) is 5.10 Å². The molecule has 2 rings (SSSR count). The summed E-state index contributed by atoms with van der Waals surface area (Å²) in [6.45, 7) is 7.74. The van der Waals surface area contributed by atoms with Crippen LogP contribution in [0.5, 0.6) is 0 Å². The van der Waals surface area contributed by atoms with Gasteiger partial charge in [0.25, 0.3) is 0 Å². The van der Waals surface area contributed by atoms with Crippen LogP contribution in [-0.2, 0) is 0 Å².